The van der Waals surface area contributed by atoms with Crippen molar-refractivity contribution < 1.29 is 23.5 Å². The highest BCUT2D eigenvalue weighted by molar-refractivity contribution is 6.06. The summed E-state index contributed by atoms with van der Waals surface area (Å²) >= 11 is 0. The Labute approximate surface area is 217 Å². The fourth-order valence-electron chi connectivity index (χ4n) is 3.79. The van der Waals surface area contributed by atoms with Gasteiger partial charge >= 0.3 is 0 Å². The average molecular weight is 505 g/mol. The number of ether oxygens (including phenoxy) is 2. The molecule has 0 radical (unpaired) electrons. The number of unbranched alkanes of at least 4 members (excludes halogenated alkanes) is 5. The quantitative estimate of drug-likeness (QED) is 0.0805. The molecule has 7 heteroatoms. The smallest absolute Gasteiger partial charge is 0.185 e. The number of anilines is 2. The van der Waals surface area contributed by atoms with E-state index in [1.165, 1.54) is 30.3 Å². The fraction of sp³-hybridized carbons (Fsp3) is 0.267. The Morgan fingerprint density at radius 2 is 1.43 bits per heavy atom. The zero-order valence-corrected chi connectivity index (χ0v) is 20.8. The molecular weight excluding hydrogens is 471 g/mol. The summed E-state index contributed by atoms with van der Waals surface area (Å²) in [4.78, 5) is 23.3. The van der Waals surface area contributed by atoms with Crippen molar-refractivity contribution in [2.45, 2.75) is 38.5 Å². The van der Waals surface area contributed by atoms with Crippen LogP contribution in [0, 0.1) is 5.82 Å². The van der Waals surface area contributed by atoms with Crippen LogP contribution >= 0.6 is 0 Å². The van der Waals surface area contributed by atoms with Crippen molar-refractivity contribution in [1.29, 1.82) is 0 Å². The van der Waals surface area contributed by atoms with Gasteiger partial charge in [-0.05, 0) is 73.0 Å². The van der Waals surface area contributed by atoms with Crippen molar-refractivity contribution in [3.8, 4) is 11.5 Å². The molecule has 0 saturated heterocycles. The number of benzene rings is 3. The molecule has 4 N–H and O–H groups in total. The summed E-state index contributed by atoms with van der Waals surface area (Å²) in [5.41, 5.74) is 14.1. The van der Waals surface area contributed by atoms with Crippen molar-refractivity contribution in [2.24, 2.45) is 0 Å². The molecule has 0 aliphatic carbocycles. The number of hydrogen-bond donors (Lipinski definition) is 2. The highest BCUT2D eigenvalue weighted by atomic mass is 19.1. The first-order valence-corrected chi connectivity index (χ1v) is 12.4. The molecule has 0 heterocycles. The van der Waals surface area contributed by atoms with Crippen molar-refractivity contribution in [2.75, 3.05) is 24.7 Å². The van der Waals surface area contributed by atoms with Crippen LogP contribution < -0.4 is 20.9 Å². The molecule has 0 amide bonds. The maximum atomic E-state index is 13.0. The predicted octanol–water partition coefficient (Wildman–Crippen LogP) is 6.50. The van der Waals surface area contributed by atoms with Gasteiger partial charge in [0, 0.05) is 11.3 Å². The van der Waals surface area contributed by atoms with Gasteiger partial charge < -0.3 is 20.9 Å². The van der Waals surface area contributed by atoms with Gasteiger partial charge in [-0.25, -0.2) is 4.39 Å². The maximum absolute atomic E-state index is 13.0. The molecule has 0 atom stereocenters. The van der Waals surface area contributed by atoms with Gasteiger partial charge in [0.1, 0.15) is 11.6 Å². The number of aldehydes is 1. The molecule has 0 aliphatic heterocycles. The first kappa shape index (κ1) is 27.5. The molecular formula is C30H33FN2O4. The van der Waals surface area contributed by atoms with E-state index in [-0.39, 0.29) is 11.6 Å². The monoisotopic (exact) mass is 504 g/mol. The zero-order chi connectivity index (χ0) is 26.5. The van der Waals surface area contributed by atoms with E-state index in [4.69, 9.17) is 20.9 Å². The standard InChI is InChI=1S/C30H33FN2O4/c31-25-12-10-23(11-13-25)29(35)16-9-22-7-14-27(15-8-22)36-17-5-3-1-2-4-6-18-37-30-24(21-34)19-26(32)20-28(30)33/h7-16,19-21H,1-6,17-18,32-33H2. The molecule has 3 rings (SSSR count). The third kappa shape index (κ3) is 9.11. The second-order valence-corrected chi connectivity index (χ2v) is 8.74. The Bertz CT molecular complexity index is 1190. The minimum atomic E-state index is -0.366. The van der Waals surface area contributed by atoms with Crippen LogP contribution in [0.25, 0.3) is 6.08 Å². The molecule has 0 saturated carbocycles. The lowest BCUT2D eigenvalue weighted by Crippen LogP contribution is -2.04. The molecule has 0 bridgehead atoms. The minimum Gasteiger partial charge on any atom is -0.494 e. The van der Waals surface area contributed by atoms with Crippen molar-refractivity contribution in [3.63, 3.8) is 0 Å². The summed E-state index contributed by atoms with van der Waals surface area (Å²) < 4.78 is 24.5. The summed E-state index contributed by atoms with van der Waals surface area (Å²) in [6.07, 6.45) is 10.1. The van der Waals surface area contributed by atoms with Crippen LogP contribution in [0.2, 0.25) is 0 Å². The van der Waals surface area contributed by atoms with Crippen molar-refractivity contribution >= 4 is 29.5 Å². The van der Waals surface area contributed by atoms with Gasteiger partial charge in [0.2, 0.25) is 0 Å². The summed E-state index contributed by atoms with van der Waals surface area (Å²) in [7, 11) is 0. The Balaban J connectivity index is 1.25. The fourth-order valence-corrected chi connectivity index (χ4v) is 3.79. The van der Waals surface area contributed by atoms with E-state index in [9.17, 15) is 14.0 Å². The van der Waals surface area contributed by atoms with Gasteiger partial charge in [-0.15, -0.1) is 0 Å². The number of carbonyl (C=O) groups excluding carboxylic acids is 2. The molecule has 3 aromatic rings. The van der Waals surface area contributed by atoms with Crippen LogP contribution in [0.15, 0.2) is 66.7 Å². The lowest BCUT2D eigenvalue weighted by Gasteiger charge is -2.12. The molecule has 0 unspecified atom stereocenters. The SMILES string of the molecule is Nc1cc(N)c(OCCCCCCCCOc2ccc(C=CC(=O)c3ccc(F)cc3)cc2)c(C=O)c1. The Morgan fingerprint density at radius 1 is 0.811 bits per heavy atom. The Kier molecular flexibility index (Phi) is 10.7. The van der Waals surface area contributed by atoms with E-state index >= 15 is 0 Å². The van der Waals surface area contributed by atoms with Crippen LogP contribution in [0.1, 0.15) is 64.8 Å². The van der Waals surface area contributed by atoms with Gasteiger partial charge in [-0.2, -0.15) is 0 Å². The third-order valence-corrected chi connectivity index (χ3v) is 5.79. The summed E-state index contributed by atoms with van der Waals surface area (Å²) in [5, 5.41) is 0. The topological polar surface area (TPSA) is 105 Å². The zero-order valence-electron chi connectivity index (χ0n) is 20.8. The highest BCUT2D eigenvalue weighted by Gasteiger charge is 2.09. The summed E-state index contributed by atoms with van der Waals surface area (Å²) in [5.74, 6) is 0.654. The summed E-state index contributed by atoms with van der Waals surface area (Å²) in [6.45, 7) is 1.15. The largest absolute Gasteiger partial charge is 0.494 e. The molecule has 3 aromatic carbocycles. The van der Waals surface area contributed by atoms with E-state index in [0.29, 0.717) is 47.8 Å². The van der Waals surface area contributed by atoms with Gasteiger partial charge in [0.15, 0.2) is 17.8 Å². The van der Waals surface area contributed by atoms with Crippen LogP contribution in [-0.2, 0) is 0 Å². The number of allylic oxidation sites excluding steroid dienone is 1. The molecule has 0 aliphatic rings. The number of hydrogen-bond acceptors (Lipinski definition) is 6. The first-order chi connectivity index (χ1) is 18.0. The second kappa shape index (κ2) is 14.4. The predicted molar refractivity (Wildman–Crippen MR) is 146 cm³/mol. The van der Waals surface area contributed by atoms with E-state index in [1.54, 1.807) is 18.2 Å². The van der Waals surface area contributed by atoms with E-state index in [1.807, 2.05) is 24.3 Å². The van der Waals surface area contributed by atoms with Gasteiger partial charge in [-0.3, -0.25) is 9.59 Å². The molecule has 0 fully saturated rings. The van der Waals surface area contributed by atoms with E-state index < -0.39 is 0 Å². The Morgan fingerprint density at radius 3 is 2.08 bits per heavy atom. The number of rotatable bonds is 15. The lowest BCUT2D eigenvalue weighted by molar-refractivity contribution is 0.104. The molecule has 0 aromatic heterocycles. The van der Waals surface area contributed by atoms with Crippen LogP contribution in [0.5, 0.6) is 11.5 Å². The molecule has 0 spiro atoms. The summed E-state index contributed by atoms with van der Waals surface area (Å²) in [6, 6.07) is 16.2. The molecule has 6 nitrogen and oxygen atoms in total. The number of ketones is 1. The lowest BCUT2D eigenvalue weighted by atomic mass is 10.1. The van der Waals surface area contributed by atoms with Crippen LogP contribution in [0.3, 0.4) is 0 Å². The maximum Gasteiger partial charge on any atom is 0.185 e. The van der Waals surface area contributed by atoms with Crippen LogP contribution in [-0.4, -0.2) is 25.3 Å². The van der Waals surface area contributed by atoms with Gasteiger partial charge in [-0.1, -0.05) is 43.9 Å². The Hall–Kier alpha value is -4.13. The molecule has 37 heavy (non-hydrogen) atoms. The third-order valence-electron chi connectivity index (χ3n) is 5.79. The number of nitrogen functional groups attached to an aromatic ring is 2. The van der Waals surface area contributed by atoms with Crippen molar-refractivity contribution in [3.05, 3.63) is 89.2 Å². The average Bonchev–Trinajstić information content (AvgIpc) is 2.90. The number of carbonyl (C=O) groups is 2. The van der Waals surface area contributed by atoms with Gasteiger partial charge in [0.25, 0.3) is 0 Å². The normalized spacial score (nSPS) is 10.9. The van der Waals surface area contributed by atoms with E-state index in [0.717, 1.165) is 49.8 Å². The van der Waals surface area contributed by atoms with Crippen molar-refractivity contribution in [1.82, 2.24) is 0 Å². The van der Waals surface area contributed by atoms with Crippen LogP contribution in [0.4, 0.5) is 15.8 Å². The minimum absolute atomic E-state index is 0.175. The number of nitrogens with two attached hydrogens (primary N) is 2. The van der Waals surface area contributed by atoms with E-state index in [2.05, 4.69) is 0 Å². The first-order valence-electron chi connectivity index (χ1n) is 12.4. The second-order valence-electron chi connectivity index (χ2n) is 8.74. The van der Waals surface area contributed by atoms with Gasteiger partial charge in [0.05, 0.1) is 24.5 Å². The molecule has 194 valence electrons. The highest BCUT2D eigenvalue weighted by Crippen LogP contribution is 2.28. The number of halogens is 1.